The number of nitrogens with one attached hydrogen (secondary N) is 1. The van der Waals surface area contributed by atoms with E-state index in [9.17, 15) is 0 Å². The molecule has 1 atom stereocenters. The van der Waals surface area contributed by atoms with Gasteiger partial charge in [0.15, 0.2) is 0 Å². The lowest BCUT2D eigenvalue weighted by Crippen LogP contribution is -2.12. The average Bonchev–Trinajstić information content (AvgIpc) is 2.54. The molecule has 1 aromatic carbocycles. The Kier molecular flexibility index (Phi) is 6.62. The number of rotatable bonds is 8. The normalized spacial score (nSPS) is 12.1. The van der Waals surface area contributed by atoms with Crippen LogP contribution >= 0.6 is 11.6 Å². The van der Waals surface area contributed by atoms with Crippen LogP contribution in [0.25, 0.3) is 11.1 Å². The molecule has 23 heavy (non-hydrogen) atoms. The van der Waals surface area contributed by atoms with Crippen molar-refractivity contribution in [3.05, 3.63) is 35.5 Å². The van der Waals surface area contributed by atoms with Gasteiger partial charge in [-0.3, -0.25) is 0 Å². The number of aromatic nitrogens is 2. The van der Waals surface area contributed by atoms with Crippen molar-refractivity contribution in [3.8, 4) is 11.1 Å². The maximum Gasteiger partial charge on any atom is 0.223 e. The molecular formula is C17H23ClN4O. The fourth-order valence-corrected chi connectivity index (χ4v) is 2.85. The molecule has 1 aromatic heterocycles. The predicted octanol–water partition coefficient (Wildman–Crippen LogP) is 3.59. The highest BCUT2D eigenvalue weighted by Crippen LogP contribution is 2.33. The summed E-state index contributed by atoms with van der Waals surface area (Å²) in [5.41, 5.74) is 7.44. The number of nitrogens with two attached hydrogens (primary N) is 1. The van der Waals surface area contributed by atoms with Crippen molar-refractivity contribution in [2.45, 2.75) is 26.2 Å². The molecule has 0 radical (unpaired) electrons. The summed E-state index contributed by atoms with van der Waals surface area (Å²) >= 11 is 6.28. The topological polar surface area (TPSA) is 84.1 Å². The summed E-state index contributed by atoms with van der Waals surface area (Å²) in [4.78, 5) is 8.36. The molecule has 0 saturated carbocycles. The molecule has 0 amide bonds. The number of hydrogen-bond acceptors (Lipinski definition) is 5. The molecule has 6 heteroatoms. The second-order valence-corrected chi connectivity index (χ2v) is 5.82. The highest BCUT2D eigenvalue weighted by molar-refractivity contribution is 6.32. The number of halogens is 1. The smallest absolute Gasteiger partial charge is 0.223 e. The number of aliphatic hydroxyl groups is 1. The molecular weight excluding hydrogens is 312 g/mol. The van der Waals surface area contributed by atoms with Crippen LogP contribution in [0.15, 0.2) is 30.3 Å². The van der Waals surface area contributed by atoms with E-state index in [1.165, 1.54) is 0 Å². The third kappa shape index (κ3) is 4.81. The van der Waals surface area contributed by atoms with Crippen molar-refractivity contribution in [1.82, 2.24) is 9.97 Å². The third-order valence-corrected chi connectivity index (χ3v) is 4.18. The van der Waals surface area contributed by atoms with Gasteiger partial charge in [0.05, 0.1) is 5.56 Å². The summed E-state index contributed by atoms with van der Waals surface area (Å²) < 4.78 is 0. The third-order valence-electron chi connectivity index (χ3n) is 3.90. The molecule has 1 heterocycles. The zero-order valence-electron chi connectivity index (χ0n) is 13.3. The van der Waals surface area contributed by atoms with E-state index in [0.29, 0.717) is 16.9 Å². The number of benzene rings is 1. The molecule has 0 fully saturated rings. The van der Waals surface area contributed by atoms with Crippen molar-refractivity contribution in [2.75, 3.05) is 24.2 Å². The molecule has 0 aliphatic carbocycles. The van der Waals surface area contributed by atoms with Crippen LogP contribution in [0.4, 0.5) is 11.8 Å². The molecule has 1 unspecified atom stereocenters. The van der Waals surface area contributed by atoms with Gasteiger partial charge >= 0.3 is 0 Å². The minimum absolute atomic E-state index is 0.152. The largest absolute Gasteiger partial charge is 0.396 e. The molecule has 2 rings (SSSR count). The summed E-state index contributed by atoms with van der Waals surface area (Å²) in [5.74, 6) is 1.29. The first kappa shape index (κ1) is 17.5. The van der Waals surface area contributed by atoms with E-state index in [1.54, 1.807) is 0 Å². The zero-order valence-corrected chi connectivity index (χ0v) is 14.1. The number of hydrogen-bond donors (Lipinski definition) is 3. The van der Waals surface area contributed by atoms with Gasteiger partial charge in [0.1, 0.15) is 11.0 Å². The first-order chi connectivity index (χ1) is 11.2. The van der Waals surface area contributed by atoms with Crippen LogP contribution in [-0.4, -0.2) is 28.2 Å². The maximum absolute atomic E-state index is 9.07. The Morgan fingerprint density at radius 2 is 1.96 bits per heavy atom. The van der Waals surface area contributed by atoms with Crippen LogP contribution in [0.2, 0.25) is 5.15 Å². The van der Waals surface area contributed by atoms with Crippen LogP contribution in [0.5, 0.6) is 0 Å². The second kappa shape index (κ2) is 8.70. The molecule has 4 N–H and O–H groups in total. The number of nitrogens with zero attached hydrogens (tertiary/aromatic N) is 2. The Balaban J connectivity index is 2.18. The van der Waals surface area contributed by atoms with E-state index in [0.717, 1.165) is 36.9 Å². The Morgan fingerprint density at radius 3 is 2.61 bits per heavy atom. The molecule has 0 saturated heterocycles. The quantitative estimate of drug-likeness (QED) is 0.642. The standard InChI is InChI=1S/C17H23ClN4O/c1-2-12(9-11-23)8-10-20-16-14(13-6-4-3-5-7-13)15(18)21-17(19)22-16/h3-7,12,23H,2,8-11H2,1H3,(H3,19,20,21,22). The summed E-state index contributed by atoms with van der Waals surface area (Å²) in [6.07, 6.45) is 2.81. The summed E-state index contributed by atoms with van der Waals surface area (Å²) in [6, 6.07) is 9.77. The fourth-order valence-electron chi connectivity index (χ4n) is 2.57. The van der Waals surface area contributed by atoms with Crippen LogP contribution in [0, 0.1) is 5.92 Å². The lowest BCUT2D eigenvalue weighted by Gasteiger charge is -2.16. The Hall–Kier alpha value is -1.85. The van der Waals surface area contributed by atoms with Gasteiger partial charge in [0.2, 0.25) is 5.95 Å². The number of anilines is 2. The van der Waals surface area contributed by atoms with Gasteiger partial charge in [-0.25, -0.2) is 4.98 Å². The molecule has 5 nitrogen and oxygen atoms in total. The van der Waals surface area contributed by atoms with Crippen LogP contribution in [0.3, 0.4) is 0 Å². The summed E-state index contributed by atoms with van der Waals surface area (Å²) in [6.45, 7) is 3.10. The molecule has 0 aliphatic rings. The van der Waals surface area contributed by atoms with Crippen LogP contribution in [-0.2, 0) is 0 Å². The summed E-state index contributed by atoms with van der Waals surface area (Å²) in [7, 11) is 0. The first-order valence-corrected chi connectivity index (χ1v) is 8.26. The maximum atomic E-state index is 9.07. The van der Waals surface area contributed by atoms with Gasteiger partial charge < -0.3 is 16.2 Å². The second-order valence-electron chi connectivity index (χ2n) is 5.46. The van der Waals surface area contributed by atoms with E-state index in [4.69, 9.17) is 22.4 Å². The minimum atomic E-state index is 0.152. The van der Waals surface area contributed by atoms with Crippen molar-refractivity contribution < 1.29 is 5.11 Å². The van der Waals surface area contributed by atoms with Gasteiger partial charge in [-0.15, -0.1) is 0 Å². The van der Waals surface area contributed by atoms with Crippen molar-refractivity contribution in [2.24, 2.45) is 5.92 Å². The fraction of sp³-hybridized carbons (Fsp3) is 0.412. The van der Waals surface area contributed by atoms with Gasteiger partial charge in [-0.05, 0) is 24.3 Å². The van der Waals surface area contributed by atoms with Crippen molar-refractivity contribution in [1.29, 1.82) is 0 Å². The van der Waals surface area contributed by atoms with E-state index in [2.05, 4.69) is 22.2 Å². The molecule has 0 aliphatic heterocycles. The number of nitrogen functional groups attached to an aromatic ring is 1. The Labute approximate surface area is 141 Å². The summed E-state index contributed by atoms with van der Waals surface area (Å²) in [5, 5.41) is 12.7. The van der Waals surface area contributed by atoms with E-state index < -0.39 is 0 Å². The Morgan fingerprint density at radius 1 is 1.22 bits per heavy atom. The van der Waals surface area contributed by atoms with Crippen LogP contribution in [0.1, 0.15) is 26.2 Å². The first-order valence-electron chi connectivity index (χ1n) is 7.88. The predicted molar refractivity (Wildman–Crippen MR) is 95.5 cm³/mol. The van der Waals surface area contributed by atoms with E-state index >= 15 is 0 Å². The number of aliphatic hydroxyl groups excluding tert-OH is 1. The highest BCUT2D eigenvalue weighted by Gasteiger charge is 2.14. The lowest BCUT2D eigenvalue weighted by atomic mass is 9.99. The SMILES string of the molecule is CCC(CCO)CCNc1nc(N)nc(Cl)c1-c1ccccc1. The molecule has 0 bridgehead atoms. The monoisotopic (exact) mass is 334 g/mol. The zero-order chi connectivity index (χ0) is 16.7. The van der Waals surface area contributed by atoms with Gasteiger partial charge in [-0.1, -0.05) is 55.3 Å². The molecule has 0 spiro atoms. The molecule has 2 aromatic rings. The molecule has 124 valence electrons. The average molecular weight is 335 g/mol. The van der Waals surface area contributed by atoms with E-state index in [-0.39, 0.29) is 12.6 Å². The van der Waals surface area contributed by atoms with Gasteiger partial charge in [0.25, 0.3) is 0 Å². The van der Waals surface area contributed by atoms with E-state index in [1.807, 2.05) is 30.3 Å². The Bertz CT molecular complexity index is 621. The van der Waals surface area contributed by atoms with Crippen LogP contribution < -0.4 is 11.1 Å². The lowest BCUT2D eigenvalue weighted by molar-refractivity contribution is 0.251. The van der Waals surface area contributed by atoms with Crippen molar-refractivity contribution in [3.63, 3.8) is 0 Å². The minimum Gasteiger partial charge on any atom is -0.396 e. The van der Waals surface area contributed by atoms with Crippen molar-refractivity contribution >= 4 is 23.4 Å². The highest BCUT2D eigenvalue weighted by atomic mass is 35.5. The van der Waals surface area contributed by atoms with Gasteiger partial charge in [0, 0.05) is 13.2 Å². The van der Waals surface area contributed by atoms with Gasteiger partial charge in [-0.2, -0.15) is 4.98 Å².